The zero-order valence-corrected chi connectivity index (χ0v) is 12.4. The van der Waals surface area contributed by atoms with E-state index in [9.17, 15) is 4.79 Å². The summed E-state index contributed by atoms with van der Waals surface area (Å²) in [5, 5.41) is 2.12. The van der Waals surface area contributed by atoms with Crippen molar-refractivity contribution >= 4 is 51.5 Å². The van der Waals surface area contributed by atoms with Crippen molar-refractivity contribution in [2.24, 2.45) is 4.99 Å². The van der Waals surface area contributed by atoms with Crippen LogP contribution in [0.5, 0.6) is 0 Å². The van der Waals surface area contributed by atoms with Gasteiger partial charge < -0.3 is 4.98 Å². The van der Waals surface area contributed by atoms with Crippen LogP contribution in [-0.4, -0.2) is 39.2 Å². The standard InChI is InChI=1S/C13H11ClN4OS/c1-18-12(19)10(17-13(18)20-2)3-7-5-15-11-9(7)4-8(14)6-16-11/h3-6H,1-2H3,(H,15,16)/b10-3-. The Balaban J connectivity index is 2.09. The molecule has 0 radical (unpaired) electrons. The lowest BCUT2D eigenvalue weighted by atomic mass is 10.2. The van der Waals surface area contributed by atoms with Crippen LogP contribution >= 0.6 is 23.4 Å². The summed E-state index contributed by atoms with van der Waals surface area (Å²) in [5.74, 6) is -0.112. The third-order valence-electron chi connectivity index (χ3n) is 3.03. The van der Waals surface area contributed by atoms with Crippen LogP contribution in [0.4, 0.5) is 0 Å². The molecule has 1 amide bonds. The van der Waals surface area contributed by atoms with E-state index in [-0.39, 0.29) is 5.91 Å². The first-order valence-electron chi connectivity index (χ1n) is 5.85. The number of nitrogens with one attached hydrogen (secondary N) is 1. The van der Waals surface area contributed by atoms with Crippen molar-refractivity contribution in [2.75, 3.05) is 13.3 Å². The summed E-state index contributed by atoms with van der Waals surface area (Å²) in [6, 6.07) is 1.81. The SMILES string of the molecule is CSC1=N/C(=C\c2c[nH]c3ncc(Cl)cc23)C(=O)N1C. The highest BCUT2D eigenvalue weighted by molar-refractivity contribution is 8.13. The molecule has 2 aromatic heterocycles. The number of rotatable bonds is 1. The first kappa shape index (κ1) is 13.2. The molecule has 7 heteroatoms. The van der Waals surface area contributed by atoms with Gasteiger partial charge in [-0.3, -0.25) is 9.69 Å². The van der Waals surface area contributed by atoms with E-state index in [4.69, 9.17) is 11.6 Å². The number of hydrogen-bond acceptors (Lipinski definition) is 4. The monoisotopic (exact) mass is 306 g/mol. The summed E-state index contributed by atoms with van der Waals surface area (Å²) >= 11 is 7.40. The van der Waals surface area contributed by atoms with Crippen LogP contribution in [0.15, 0.2) is 29.1 Å². The molecule has 1 N–H and O–H groups in total. The van der Waals surface area contributed by atoms with Gasteiger partial charge in [-0.1, -0.05) is 23.4 Å². The van der Waals surface area contributed by atoms with E-state index in [1.165, 1.54) is 16.7 Å². The Hall–Kier alpha value is -1.79. The van der Waals surface area contributed by atoms with Gasteiger partial charge in [0.2, 0.25) is 0 Å². The minimum atomic E-state index is -0.112. The van der Waals surface area contributed by atoms with E-state index in [1.54, 1.807) is 25.5 Å². The minimum Gasteiger partial charge on any atom is -0.346 e. The molecule has 0 saturated carbocycles. The number of aromatic nitrogens is 2. The fourth-order valence-corrected chi connectivity index (χ4v) is 2.73. The normalized spacial score (nSPS) is 17.4. The molecule has 0 atom stereocenters. The smallest absolute Gasteiger partial charge is 0.278 e. The maximum Gasteiger partial charge on any atom is 0.278 e. The van der Waals surface area contributed by atoms with Crippen LogP contribution in [0.2, 0.25) is 5.02 Å². The minimum absolute atomic E-state index is 0.112. The summed E-state index contributed by atoms with van der Waals surface area (Å²) in [6.45, 7) is 0. The molecule has 3 heterocycles. The Labute approximate surface area is 124 Å². The van der Waals surface area contributed by atoms with Crippen molar-refractivity contribution in [3.05, 3.63) is 34.7 Å². The number of aromatic amines is 1. The van der Waals surface area contributed by atoms with Gasteiger partial charge in [0.1, 0.15) is 11.3 Å². The van der Waals surface area contributed by atoms with Crippen LogP contribution in [0.3, 0.4) is 0 Å². The van der Waals surface area contributed by atoms with Crippen LogP contribution in [0.1, 0.15) is 5.56 Å². The first-order chi connectivity index (χ1) is 9.60. The lowest BCUT2D eigenvalue weighted by molar-refractivity contribution is -0.121. The van der Waals surface area contributed by atoms with Gasteiger partial charge in [-0.15, -0.1) is 0 Å². The van der Waals surface area contributed by atoms with Crippen molar-refractivity contribution in [2.45, 2.75) is 0 Å². The molecule has 20 heavy (non-hydrogen) atoms. The highest BCUT2D eigenvalue weighted by Gasteiger charge is 2.26. The predicted molar refractivity (Wildman–Crippen MR) is 82.8 cm³/mol. The Kier molecular flexibility index (Phi) is 3.27. The molecule has 0 bridgehead atoms. The Morgan fingerprint density at radius 1 is 1.50 bits per heavy atom. The summed E-state index contributed by atoms with van der Waals surface area (Å²) < 4.78 is 0. The van der Waals surface area contributed by atoms with Gasteiger partial charge in [0, 0.05) is 30.4 Å². The van der Waals surface area contributed by atoms with Crippen LogP contribution < -0.4 is 0 Å². The lowest BCUT2D eigenvalue weighted by Crippen LogP contribution is -2.25. The molecule has 0 unspecified atom stereocenters. The van der Waals surface area contributed by atoms with Crippen LogP contribution in [0, 0.1) is 0 Å². The number of aliphatic imine (C=N–C) groups is 1. The molecular weight excluding hydrogens is 296 g/mol. The lowest BCUT2D eigenvalue weighted by Gasteiger charge is -2.07. The Morgan fingerprint density at radius 3 is 3.00 bits per heavy atom. The first-order valence-corrected chi connectivity index (χ1v) is 7.45. The largest absolute Gasteiger partial charge is 0.346 e. The zero-order chi connectivity index (χ0) is 14.3. The molecule has 3 rings (SSSR count). The van der Waals surface area contributed by atoms with Gasteiger partial charge in [0.25, 0.3) is 5.91 Å². The van der Waals surface area contributed by atoms with Gasteiger partial charge in [-0.25, -0.2) is 9.98 Å². The molecule has 2 aromatic rings. The molecule has 1 aliphatic heterocycles. The molecule has 0 aliphatic carbocycles. The number of carbonyl (C=O) groups is 1. The number of thioether (sulfide) groups is 1. The van der Waals surface area contributed by atoms with Gasteiger partial charge in [0.05, 0.1) is 5.02 Å². The number of likely N-dealkylation sites (N-methyl/N-ethyl adjacent to an activating group) is 1. The third-order valence-corrected chi connectivity index (χ3v) is 3.97. The van der Waals surface area contributed by atoms with Gasteiger partial charge in [-0.2, -0.15) is 0 Å². The quantitative estimate of drug-likeness (QED) is 0.824. The second-order valence-corrected chi connectivity index (χ2v) is 5.50. The van der Waals surface area contributed by atoms with E-state index >= 15 is 0 Å². The average Bonchev–Trinajstić information content (AvgIpc) is 2.95. The average molecular weight is 307 g/mol. The number of carbonyl (C=O) groups excluding carboxylic acids is 1. The molecule has 102 valence electrons. The third kappa shape index (κ3) is 2.10. The zero-order valence-electron chi connectivity index (χ0n) is 10.8. The van der Waals surface area contributed by atoms with E-state index in [0.29, 0.717) is 15.9 Å². The molecule has 1 aliphatic rings. The second kappa shape index (κ2) is 4.96. The molecule has 5 nitrogen and oxygen atoms in total. The maximum absolute atomic E-state index is 12.1. The number of halogens is 1. The van der Waals surface area contributed by atoms with Crippen molar-refractivity contribution in [3.8, 4) is 0 Å². The number of nitrogens with zero attached hydrogens (tertiary/aromatic N) is 3. The number of H-pyrrole nitrogens is 1. The Morgan fingerprint density at radius 2 is 2.30 bits per heavy atom. The summed E-state index contributed by atoms with van der Waals surface area (Å²) in [6.07, 6.45) is 7.01. The van der Waals surface area contributed by atoms with E-state index < -0.39 is 0 Å². The number of amidine groups is 1. The summed E-state index contributed by atoms with van der Waals surface area (Å²) in [7, 11) is 1.71. The second-order valence-electron chi connectivity index (χ2n) is 4.29. The van der Waals surface area contributed by atoms with E-state index in [1.807, 2.05) is 12.3 Å². The summed E-state index contributed by atoms with van der Waals surface area (Å²) in [4.78, 5) is 25.2. The highest BCUT2D eigenvalue weighted by Crippen LogP contribution is 2.25. The number of pyridine rings is 1. The topological polar surface area (TPSA) is 61.4 Å². The summed E-state index contributed by atoms with van der Waals surface area (Å²) in [5.41, 5.74) is 1.99. The van der Waals surface area contributed by atoms with Crippen molar-refractivity contribution in [3.63, 3.8) is 0 Å². The molecule has 0 fully saturated rings. The van der Waals surface area contributed by atoms with Gasteiger partial charge >= 0.3 is 0 Å². The molecular formula is C13H11ClN4OS. The molecule has 0 saturated heterocycles. The van der Waals surface area contributed by atoms with E-state index in [0.717, 1.165) is 16.6 Å². The van der Waals surface area contributed by atoms with Crippen LogP contribution in [0.25, 0.3) is 17.1 Å². The fraction of sp³-hybridized carbons (Fsp3) is 0.154. The van der Waals surface area contributed by atoms with Crippen molar-refractivity contribution in [1.82, 2.24) is 14.9 Å². The van der Waals surface area contributed by atoms with Crippen molar-refractivity contribution < 1.29 is 4.79 Å². The van der Waals surface area contributed by atoms with Gasteiger partial charge in [0.15, 0.2) is 5.17 Å². The highest BCUT2D eigenvalue weighted by atomic mass is 35.5. The van der Waals surface area contributed by atoms with E-state index in [2.05, 4.69) is 15.0 Å². The number of fused-ring (bicyclic) bond motifs is 1. The number of amides is 1. The Bertz CT molecular complexity index is 765. The predicted octanol–water partition coefficient (Wildman–Crippen LogP) is 2.75. The van der Waals surface area contributed by atoms with Gasteiger partial charge in [-0.05, 0) is 18.4 Å². The number of hydrogen-bond donors (Lipinski definition) is 1. The fourth-order valence-electron chi connectivity index (χ4n) is 2.03. The van der Waals surface area contributed by atoms with Crippen LogP contribution in [-0.2, 0) is 4.79 Å². The maximum atomic E-state index is 12.1. The van der Waals surface area contributed by atoms with Crippen molar-refractivity contribution in [1.29, 1.82) is 0 Å². The molecule has 0 spiro atoms. The molecule has 0 aromatic carbocycles.